The van der Waals surface area contributed by atoms with E-state index in [1.807, 2.05) is 12.1 Å². The van der Waals surface area contributed by atoms with Gasteiger partial charge in [0.05, 0.1) is 6.61 Å². The summed E-state index contributed by atoms with van der Waals surface area (Å²) in [7, 11) is 0. The van der Waals surface area contributed by atoms with Crippen LogP contribution in [0.5, 0.6) is 0 Å². The molecule has 2 aromatic carbocycles. The molecule has 4 heteroatoms. The van der Waals surface area contributed by atoms with Gasteiger partial charge in [0.1, 0.15) is 0 Å². The van der Waals surface area contributed by atoms with Crippen molar-refractivity contribution in [3.05, 3.63) is 70.8 Å². The number of hydrogen-bond acceptors (Lipinski definition) is 3. The van der Waals surface area contributed by atoms with Gasteiger partial charge in [-0.15, -0.1) is 0 Å². The van der Waals surface area contributed by atoms with Gasteiger partial charge in [-0.05, 0) is 41.7 Å². The van der Waals surface area contributed by atoms with Crippen LogP contribution in [-0.4, -0.2) is 29.1 Å². The largest absolute Gasteiger partial charge is 0.395 e. The molecule has 0 aliphatic heterocycles. The fourth-order valence-electron chi connectivity index (χ4n) is 3.40. The van der Waals surface area contributed by atoms with Gasteiger partial charge >= 0.3 is 0 Å². The first-order valence-corrected chi connectivity index (χ1v) is 8.00. The molecule has 1 atom stereocenters. The van der Waals surface area contributed by atoms with Gasteiger partial charge in [-0.3, -0.25) is 9.69 Å². The summed E-state index contributed by atoms with van der Waals surface area (Å²) in [6.45, 7) is 1.52. The smallest absolute Gasteiger partial charge is 0.248 e. The van der Waals surface area contributed by atoms with Crippen LogP contribution in [0, 0.1) is 0 Å². The lowest BCUT2D eigenvalue weighted by Crippen LogP contribution is -2.30. The standard InChI is InChI=1S/C19H22N2O2/c20-19(23)16-7-5-14(6-8-16)13-21(11-12-22)18-10-9-15-3-1-2-4-17(15)18/h1-8,18,22H,9-13H2,(H2,20,23). The van der Waals surface area contributed by atoms with Crippen molar-refractivity contribution in [1.29, 1.82) is 0 Å². The highest BCUT2D eigenvalue weighted by Gasteiger charge is 2.27. The maximum absolute atomic E-state index is 11.2. The van der Waals surface area contributed by atoms with Crippen molar-refractivity contribution < 1.29 is 9.90 Å². The van der Waals surface area contributed by atoms with Crippen LogP contribution in [0.15, 0.2) is 48.5 Å². The van der Waals surface area contributed by atoms with E-state index in [0.717, 1.165) is 24.9 Å². The molecule has 0 radical (unpaired) electrons. The van der Waals surface area contributed by atoms with Gasteiger partial charge < -0.3 is 10.8 Å². The molecule has 3 N–H and O–H groups in total. The van der Waals surface area contributed by atoms with Gasteiger partial charge in [-0.25, -0.2) is 0 Å². The number of hydrogen-bond donors (Lipinski definition) is 2. The van der Waals surface area contributed by atoms with Crippen LogP contribution in [0.1, 0.15) is 39.5 Å². The average Bonchev–Trinajstić information content (AvgIpc) is 2.99. The quantitative estimate of drug-likeness (QED) is 0.860. The third-order valence-electron chi connectivity index (χ3n) is 4.55. The molecule has 1 aliphatic rings. The van der Waals surface area contributed by atoms with Crippen molar-refractivity contribution in [2.45, 2.75) is 25.4 Å². The van der Waals surface area contributed by atoms with E-state index in [9.17, 15) is 9.90 Å². The molecule has 1 aliphatic carbocycles. The lowest BCUT2D eigenvalue weighted by molar-refractivity contribution is 0.1000. The number of primary amides is 1. The first kappa shape index (κ1) is 15.7. The molecule has 0 aromatic heterocycles. The van der Waals surface area contributed by atoms with Crippen LogP contribution in [-0.2, 0) is 13.0 Å². The Morgan fingerprint density at radius 2 is 1.91 bits per heavy atom. The minimum atomic E-state index is -0.409. The number of nitrogens with two attached hydrogens (primary N) is 1. The lowest BCUT2D eigenvalue weighted by Gasteiger charge is -2.29. The first-order valence-electron chi connectivity index (χ1n) is 8.00. The fourth-order valence-corrected chi connectivity index (χ4v) is 3.40. The third-order valence-corrected chi connectivity index (χ3v) is 4.55. The Bertz CT molecular complexity index is 682. The number of aliphatic hydroxyl groups excluding tert-OH is 1. The number of nitrogens with zero attached hydrogens (tertiary/aromatic N) is 1. The zero-order chi connectivity index (χ0) is 16.2. The van der Waals surface area contributed by atoms with Crippen LogP contribution < -0.4 is 5.73 Å². The summed E-state index contributed by atoms with van der Waals surface area (Å²) in [5.41, 5.74) is 9.70. The topological polar surface area (TPSA) is 66.6 Å². The molecule has 2 aromatic rings. The van der Waals surface area contributed by atoms with E-state index in [0.29, 0.717) is 18.2 Å². The zero-order valence-electron chi connectivity index (χ0n) is 13.1. The first-order chi connectivity index (χ1) is 11.2. The molecule has 0 fully saturated rings. The van der Waals surface area contributed by atoms with E-state index in [1.165, 1.54) is 11.1 Å². The van der Waals surface area contributed by atoms with E-state index < -0.39 is 5.91 Å². The van der Waals surface area contributed by atoms with Crippen LogP contribution in [0.2, 0.25) is 0 Å². The number of benzene rings is 2. The van der Waals surface area contributed by atoms with E-state index in [-0.39, 0.29) is 6.61 Å². The number of aliphatic hydroxyl groups is 1. The maximum Gasteiger partial charge on any atom is 0.248 e. The minimum Gasteiger partial charge on any atom is -0.395 e. The predicted octanol–water partition coefficient (Wildman–Crippen LogP) is 2.27. The molecule has 1 unspecified atom stereocenters. The van der Waals surface area contributed by atoms with Crippen LogP contribution >= 0.6 is 0 Å². The lowest BCUT2D eigenvalue weighted by atomic mass is 10.1. The molecular formula is C19H22N2O2. The maximum atomic E-state index is 11.2. The number of carbonyl (C=O) groups is 1. The van der Waals surface area contributed by atoms with E-state index >= 15 is 0 Å². The molecule has 3 rings (SSSR count). The van der Waals surface area contributed by atoms with Crippen LogP contribution in [0.25, 0.3) is 0 Å². The minimum absolute atomic E-state index is 0.137. The summed E-state index contributed by atoms with van der Waals surface area (Å²) in [5, 5.41) is 9.44. The summed E-state index contributed by atoms with van der Waals surface area (Å²) in [6, 6.07) is 16.3. The van der Waals surface area contributed by atoms with Crippen molar-refractivity contribution in [2.75, 3.05) is 13.2 Å². The zero-order valence-corrected chi connectivity index (χ0v) is 13.1. The second-order valence-electron chi connectivity index (χ2n) is 6.01. The Morgan fingerprint density at radius 3 is 2.61 bits per heavy atom. The molecule has 0 heterocycles. The van der Waals surface area contributed by atoms with Gasteiger partial charge in [0, 0.05) is 24.7 Å². The molecule has 0 spiro atoms. The van der Waals surface area contributed by atoms with Gasteiger partial charge in [0.25, 0.3) is 0 Å². The molecule has 4 nitrogen and oxygen atoms in total. The average molecular weight is 310 g/mol. The van der Waals surface area contributed by atoms with Crippen LogP contribution in [0.4, 0.5) is 0 Å². The Morgan fingerprint density at radius 1 is 1.17 bits per heavy atom. The molecule has 0 saturated heterocycles. The molecule has 1 amide bonds. The fraction of sp³-hybridized carbons (Fsp3) is 0.316. The number of amides is 1. The molecule has 0 bridgehead atoms. The SMILES string of the molecule is NC(=O)c1ccc(CN(CCO)C2CCc3ccccc32)cc1. The van der Waals surface area contributed by atoms with Crippen molar-refractivity contribution in [2.24, 2.45) is 5.73 Å². The Kier molecular flexibility index (Phi) is 4.74. The molecule has 0 saturated carbocycles. The number of fused-ring (bicyclic) bond motifs is 1. The van der Waals surface area contributed by atoms with Crippen molar-refractivity contribution in [1.82, 2.24) is 4.90 Å². The normalized spacial score (nSPS) is 16.5. The summed E-state index contributed by atoms with van der Waals surface area (Å²) in [5.74, 6) is -0.409. The highest BCUT2D eigenvalue weighted by Crippen LogP contribution is 2.36. The van der Waals surface area contributed by atoms with E-state index in [1.54, 1.807) is 12.1 Å². The summed E-state index contributed by atoms with van der Waals surface area (Å²) in [6.07, 6.45) is 2.17. The Balaban J connectivity index is 1.78. The van der Waals surface area contributed by atoms with E-state index in [2.05, 4.69) is 29.2 Å². The second-order valence-corrected chi connectivity index (χ2v) is 6.01. The summed E-state index contributed by atoms with van der Waals surface area (Å²) < 4.78 is 0. The second kappa shape index (κ2) is 6.94. The Labute approximate surface area is 136 Å². The predicted molar refractivity (Wildman–Crippen MR) is 90.0 cm³/mol. The molecule has 23 heavy (non-hydrogen) atoms. The Hall–Kier alpha value is -2.17. The number of rotatable bonds is 6. The van der Waals surface area contributed by atoms with Gasteiger partial charge in [-0.2, -0.15) is 0 Å². The van der Waals surface area contributed by atoms with Gasteiger partial charge in [0.2, 0.25) is 5.91 Å². The highest BCUT2D eigenvalue weighted by molar-refractivity contribution is 5.92. The molecule has 120 valence electrons. The molecular weight excluding hydrogens is 288 g/mol. The number of carbonyl (C=O) groups excluding carboxylic acids is 1. The highest BCUT2D eigenvalue weighted by atomic mass is 16.3. The van der Waals surface area contributed by atoms with Crippen molar-refractivity contribution >= 4 is 5.91 Å². The summed E-state index contributed by atoms with van der Waals surface area (Å²) >= 11 is 0. The van der Waals surface area contributed by atoms with Gasteiger partial charge in [0.15, 0.2) is 0 Å². The number of aryl methyl sites for hydroxylation is 1. The third kappa shape index (κ3) is 3.44. The van der Waals surface area contributed by atoms with E-state index in [4.69, 9.17) is 5.73 Å². The van der Waals surface area contributed by atoms with Gasteiger partial charge in [-0.1, -0.05) is 36.4 Å². The monoisotopic (exact) mass is 310 g/mol. The van der Waals surface area contributed by atoms with Crippen LogP contribution in [0.3, 0.4) is 0 Å². The van der Waals surface area contributed by atoms with Crippen molar-refractivity contribution in [3.63, 3.8) is 0 Å². The van der Waals surface area contributed by atoms with Crippen molar-refractivity contribution in [3.8, 4) is 0 Å². The summed E-state index contributed by atoms with van der Waals surface area (Å²) in [4.78, 5) is 13.5.